The van der Waals surface area contributed by atoms with Crippen molar-refractivity contribution in [1.29, 1.82) is 0 Å². The molecule has 0 bridgehead atoms. The summed E-state index contributed by atoms with van der Waals surface area (Å²) in [5, 5.41) is 22.4. The van der Waals surface area contributed by atoms with Crippen LogP contribution in [-0.4, -0.2) is 15.8 Å². The molecular formula is C15H13N3O6. The van der Waals surface area contributed by atoms with Crippen LogP contribution in [0.5, 0.6) is 5.75 Å². The molecule has 124 valence electrons. The molecule has 2 aromatic carbocycles. The molecule has 2 N–H and O–H groups in total. The van der Waals surface area contributed by atoms with E-state index in [0.717, 1.165) is 12.1 Å². The minimum absolute atomic E-state index is 0.226. The van der Waals surface area contributed by atoms with Gasteiger partial charge in [0, 0.05) is 6.07 Å². The first-order chi connectivity index (χ1) is 11.3. The highest BCUT2D eigenvalue weighted by Gasteiger charge is 2.35. The van der Waals surface area contributed by atoms with Crippen LogP contribution in [0.25, 0.3) is 0 Å². The zero-order chi connectivity index (χ0) is 17.9. The van der Waals surface area contributed by atoms with Crippen molar-refractivity contribution in [1.82, 2.24) is 0 Å². The van der Waals surface area contributed by atoms with E-state index in [0.29, 0.717) is 0 Å². The van der Waals surface area contributed by atoms with Gasteiger partial charge in [-0.15, -0.1) is 0 Å². The second-order valence-corrected chi connectivity index (χ2v) is 4.91. The number of para-hydroxylation sites is 1. The largest absolute Gasteiger partial charge is 0.426 e. The van der Waals surface area contributed by atoms with E-state index < -0.39 is 33.1 Å². The van der Waals surface area contributed by atoms with Gasteiger partial charge >= 0.3 is 11.7 Å². The molecule has 0 heterocycles. The van der Waals surface area contributed by atoms with E-state index >= 15 is 0 Å². The Kier molecular flexibility index (Phi) is 4.73. The first-order valence-corrected chi connectivity index (χ1v) is 6.80. The molecule has 0 fully saturated rings. The van der Waals surface area contributed by atoms with Gasteiger partial charge in [-0.1, -0.05) is 18.2 Å². The Morgan fingerprint density at radius 1 is 1.08 bits per heavy atom. The van der Waals surface area contributed by atoms with E-state index in [-0.39, 0.29) is 17.0 Å². The van der Waals surface area contributed by atoms with E-state index in [2.05, 4.69) is 0 Å². The summed E-state index contributed by atoms with van der Waals surface area (Å²) < 4.78 is 5.11. The van der Waals surface area contributed by atoms with Crippen molar-refractivity contribution in [3.05, 3.63) is 68.3 Å². The van der Waals surface area contributed by atoms with Crippen LogP contribution in [0.2, 0.25) is 0 Å². The highest BCUT2D eigenvalue weighted by Crippen LogP contribution is 2.39. The Labute approximate surface area is 136 Å². The average molecular weight is 331 g/mol. The van der Waals surface area contributed by atoms with Crippen molar-refractivity contribution in [3.63, 3.8) is 0 Å². The lowest BCUT2D eigenvalue weighted by molar-refractivity contribution is -0.395. The third kappa shape index (κ3) is 3.29. The van der Waals surface area contributed by atoms with Crippen molar-refractivity contribution in [2.45, 2.75) is 12.8 Å². The van der Waals surface area contributed by atoms with Gasteiger partial charge in [-0.2, -0.15) is 0 Å². The summed E-state index contributed by atoms with van der Waals surface area (Å²) in [6.07, 6.45) is 0. The molecule has 0 aliphatic heterocycles. The number of ether oxygens (including phenoxy) is 1. The van der Waals surface area contributed by atoms with E-state index in [1.54, 1.807) is 18.2 Å². The quantitative estimate of drug-likeness (QED) is 0.292. The van der Waals surface area contributed by atoms with E-state index in [1.807, 2.05) is 0 Å². The Morgan fingerprint density at radius 2 is 1.71 bits per heavy atom. The van der Waals surface area contributed by atoms with Gasteiger partial charge in [0.1, 0.15) is 17.0 Å². The number of carbonyl (C=O) groups excluding carboxylic acids is 1. The molecule has 0 saturated carbocycles. The number of rotatable bonds is 5. The molecule has 24 heavy (non-hydrogen) atoms. The summed E-state index contributed by atoms with van der Waals surface area (Å²) in [5.74, 6) is -1.89. The lowest BCUT2D eigenvalue weighted by Crippen LogP contribution is -2.19. The Bertz CT molecular complexity index is 806. The van der Waals surface area contributed by atoms with Crippen LogP contribution >= 0.6 is 0 Å². The maximum Gasteiger partial charge on any atom is 0.319 e. The monoisotopic (exact) mass is 331 g/mol. The summed E-state index contributed by atoms with van der Waals surface area (Å²) in [7, 11) is 0. The molecule has 0 spiro atoms. The number of carbonyl (C=O) groups is 1. The molecule has 9 heteroatoms. The topological polar surface area (TPSA) is 139 Å². The third-order valence-corrected chi connectivity index (χ3v) is 3.35. The van der Waals surface area contributed by atoms with Crippen molar-refractivity contribution in [3.8, 4) is 5.75 Å². The summed E-state index contributed by atoms with van der Waals surface area (Å²) in [5.41, 5.74) is 3.69. The normalized spacial score (nSPS) is 11.5. The van der Waals surface area contributed by atoms with Gasteiger partial charge in [-0.05, 0) is 25.1 Å². The predicted molar refractivity (Wildman–Crippen MR) is 84.7 cm³/mol. The molecule has 0 amide bonds. The lowest BCUT2D eigenvalue weighted by atomic mass is 9.96. The number of nitro benzene ring substituents is 2. The fourth-order valence-electron chi connectivity index (χ4n) is 2.22. The Hall–Kier alpha value is -3.49. The van der Waals surface area contributed by atoms with Gasteiger partial charge in [0.25, 0.3) is 5.69 Å². The molecule has 0 radical (unpaired) electrons. The van der Waals surface area contributed by atoms with Crippen molar-refractivity contribution in [2.24, 2.45) is 0 Å². The minimum atomic E-state index is -1.26. The zero-order valence-electron chi connectivity index (χ0n) is 12.5. The predicted octanol–water partition coefficient (Wildman–Crippen LogP) is 2.79. The molecule has 1 atom stereocenters. The van der Waals surface area contributed by atoms with Crippen molar-refractivity contribution < 1.29 is 19.4 Å². The maximum atomic E-state index is 12.3. The minimum Gasteiger partial charge on any atom is -0.426 e. The second kappa shape index (κ2) is 6.73. The maximum absolute atomic E-state index is 12.3. The van der Waals surface area contributed by atoms with Gasteiger partial charge < -0.3 is 10.5 Å². The van der Waals surface area contributed by atoms with Gasteiger partial charge in [-0.25, -0.2) is 0 Å². The molecule has 0 aliphatic rings. The molecule has 2 rings (SSSR count). The van der Waals surface area contributed by atoms with Crippen LogP contribution in [0.1, 0.15) is 18.4 Å². The molecular weight excluding hydrogens is 318 g/mol. The number of hydrogen-bond donors (Lipinski definition) is 1. The van der Waals surface area contributed by atoms with Crippen LogP contribution in [0, 0.1) is 20.2 Å². The fourth-order valence-corrected chi connectivity index (χ4v) is 2.22. The summed E-state index contributed by atoms with van der Waals surface area (Å²) >= 11 is 0. The number of nitro groups is 2. The summed E-state index contributed by atoms with van der Waals surface area (Å²) in [4.78, 5) is 33.1. The van der Waals surface area contributed by atoms with Gasteiger partial charge in [0.15, 0.2) is 0 Å². The van der Waals surface area contributed by atoms with Gasteiger partial charge in [0.05, 0.1) is 15.8 Å². The zero-order valence-corrected chi connectivity index (χ0v) is 12.5. The molecule has 0 aliphatic carbocycles. The standard InChI is InChI=1S/C15H13N3O6/c1-9(15(19)24-10-5-3-2-4-6-10)13-12(17(20)21)8-7-11(16)14(13)18(22)23/h2-9H,16H2,1H3. The molecule has 1 unspecified atom stereocenters. The number of nitrogens with zero attached hydrogens (tertiary/aromatic N) is 2. The number of benzene rings is 2. The third-order valence-electron chi connectivity index (χ3n) is 3.35. The van der Waals surface area contributed by atoms with Gasteiger partial charge in [-0.3, -0.25) is 25.0 Å². The Balaban J connectivity index is 2.49. The molecule has 0 saturated heterocycles. The number of hydrogen-bond acceptors (Lipinski definition) is 7. The van der Waals surface area contributed by atoms with Crippen LogP contribution in [0.3, 0.4) is 0 Å². The number of esters is 1. The van der Waals surface area contributed by atoms with E-state index in [4.69, 9.17) is 10.5 Å². The lowest BCUT2D eigenvalue weighted by Gasteiger charge is -2.13. The number of nitrogens with two attached hydrogens (primary N) is 1. The average Bonchev–Trinajstić information content (AvgIpc) is 2.54. The molecule has 9 nitrogen and oxygen atoms in total. The smallest absolute Gasteiger partial charge is 0.319 e. The fraction of sp³-hybridized carbons (Fsp3) is 0.133. The van der Waals surface area contributed by atoms with Crippen LogP contribution in [0.15, 0.2) is 42.5 Å². The van der Waals surface area contributed by atoms with Crippen LogP contribution in [0.4, 0.5) is 17.1 Å². The van der Waals surface area contributed by atoms with Crippen molar-refractivity contribution >= 4 is 23.0 Å². The number of nitrogen functional groups attached to an aromatic ring is 1. The second-order valence-electron chi connectivity index (χ2n) is 4.91. The Morgan fingerprint density at radius 3 is 2.25 bits per heavy atom. The highest BCUT2D eigenvalue weighted by atomic mass is 16.6. The van der Waals surface area contributed by atoms with Crippen LogP contribution in [-0.2, 0) is 4.79 Å². The molecule has 0 aromatic heterocycles. The summed E-state index contributed by atoms with van der Waals surface area (Å²) in [6, 6.07) is 10.1. The SMILES string of the molecule is CC(C(=O)Oc1ccccc1)c1c([N+](=O)[O-])ccc(N)c1[N+](=O)[O-]. The van der Waals surface area contributed by atoms with Crippen molar-refractivity contribution in [2.75, 3.05) is 5.73 Å². The highest BCUT2D eigenvalue weighted by molar-refractivity contribution is 5.85. The first-order valence-electron chi connectivity index (χ1n) is 6.80. The van der Waals surface area contributed by atoms with E-state index in [1.165, 1.54) is 19.1 Å². The van der Waals surface area contributed by atoms with Gasteiger partial charge in [0.2, 0.25) is 0 Å². The van der Waals surface area contributed by atoms with Crippen LogP contribution < -0.4 is 10.5 Å². The number of anilines is 1. The first kappa shape index (κ1) is 16.9. The van der Waals surface area contributed by atoms with E-state index in [9.17, 15) is 25.0 Å². The summed E-state index contributed by atoms with van der Waals surface area (Å²) in [6.45, 7) is 1.29. The molecule has 2 aromatic rings.